The second-order valence-electron chi connectivity index (χ2n) is 5.81. The number of rotatable bonds is 7. The number of halogens is 1. The first-order valence-electron chi connectivity index (χ1n) is 8.75. The lowest BCUT2D eigenvalue weighted by molar-refractivity contribution is 0.199. The van der Waals surface area contributed by atoms with Crippen LogP contribution >= 0.6 is 24.0 Å². The molecule has 0 radical (unpaired) electrons. The van der Waals surface area contributed by atoms with Crippen LogP contribution in [0.4, 0.5) is 0 Å². The zero-order valence-corrected chi connectivity index (χ0v) is 17.8. The lowest BCUT2D eigenvalue weighted by atomic mass is 10.2. The molecule has 0 fully saturated rings. The maximum absolute atomic E-state index is 5.99. The van der Waals surface area contributed by atoms with Crippen molar-refractivity contribution in [3.05, 3.63) is 60.6 Å². The van der Waals surface area contributed by atoms with E-state index < -0.39 is 0 Å². The Bertz CT molecular complexity index is 852. The van der Waals surface area contributed by atoms with Gasteiger partial charge in [-0.3, -0.25) is 9.39 Å². The summed E-state index contributed by atoms with van der Waals surface area (Å²) in [6, 6.07) is 15.7. The zero-order valence-electron chi connectivity index (χ0n) is 15.5. The van der Waals surface area contributed by atoms with Gasteiger partial charge in [0.15, 0.2) is 17.4 Å². The highest BCUT2D eigenvalue weighted by molar-refractivity contribution is 14.0. The third-order valence-corrected chi connectivity index (χ3v) is 4.02. The molecule has 1 unspecified atom stereocenters. The summed E-state index contributed by atoms with van der Waals surface area (Å²) < 4.78 is 7.95. The second-order valence-corrected chi connectivity index (χ2v) is 5.81. The van der Waals surface area contributed by atoms with E-state index in [1.54, 1.807) is 7.05 Å². The fourth-order valence-corrected chi connectivity index (χ4v) is 2.57. The number of pyridine rings is 1. The van der Waals surface area contributed by atoms with Crippen LogP contribution in [0.2, 0.25) is 0 Å². The summed E-state index contributed by atoms with van der Waals surface area (Å²) in [5, 5.41) is 14.9. The van der Waals surface area contributed by atoms with Crippen molar-refractivity contribution in [2.75, 3.05) is 13.6 Å². The molecule has 2 heterocycles. The van der Waals surface area contributed by atoms with Gasteiger partial charge in [0.05, 0.1) is 13.1 Å². The average Bonchev–Trinajstić information content (AvgIpc) is 3.11. The van der Waals surface area contributed by atoms with Gasteiger partial charge >= 0.3 is 0 Å². The average molecular weight is 480 g/mol. The van der Waals surface area contributed by atoms with Crippen LogP contribution in [0.15, 0.2) is 59.7 Å². The molecule has 2 N–H and O–H groups in total. The smallest absolute Gasteiger partial charge is 0.191 e. The Morgan fingerprint density at radius 2 is 1.89 bits per heavy atom. The third-order valence-electron chi connectivity index (χ3n) is 4.02. The van der Waals surface area contributed by atoms with E-state index >= 15 is 0 Å². The largest absolute Gasteiger partial charge is 0.489 e. The van der Waals surface area contributed by atoms with Crippen LogP contribution in [0.25, 0.3) is 5.65 Å². The van der Waals surface area contributed by atoms with E-state index in [2.05, 4.69) is 32.7 Å². The highest BCUT2D eigenvalue weighted by Crippen LogP contribution is 2.12. The molecule has 0 aliphatic rings. The van der Waals surface area contributed by atoms with Gasteiger partial charge in [-0.05, 0) is 30.7 Å². The molecule has 1 aromatic carbocycles. The third kappa shape index (κ3) is 5.81. The molecule has 0 aliphatic heterocycles. The molecule has 0 bridgehead atoms. The molecule has 0 amide bonds. The lowest BCUT2D eigenvalue weighted by Gasteiger charge is -2.19. The SMILES string of the molecule is CCC(CNC(=NC)NCc1nnc2ccccn12)Oc1ccccc1.I. The molecule has 0 spiro atoms. The number of benzene rings is 1. The Hall–Kier alpha value is -2.36. The van der Waals surface area contributed by atoms with E-state index in [1.807, 2.05) is 59.1 Å². The predicted octanol–water partition coefficient (Wildman–Crippen LogP) is 2.87. The summed E-state index contributed by atoms with van der Waals surface area (Å²) in [4.78, 5) is 4.26. The first kappa shape index (κ1) is 20.9. The maximum Gasteiger partial charge on any atom is 0.191 e. The minimum Gasteiger partial charge on any atom is -0.489 e. The number of aromatic nitrogens is 3. The van der Waals surface area contributed by atoms with Crippen molar-refractivity contribution in [2.24, 2.45) is 4.99 Å². The normalized spacial score (nSPS) is 12.3. The molecule has 3 aromatic rings. The highest BCUT2D eigenvalue weighted by Gasteiger charge is 2.10. The van der Waals surface area contributed by atoms with Crippen molar-refractivity contribution in [3.63, 3.8) is 0 Å². The Balaban J connectivity index is 0.00000261. The standard InChI is InChI=1S/C19H24N6O.HI/c1-3-15(26-16-9-5-4-6-10-16)13-21-19(20-2)22-14-18-24-23-17-11-7-8-12-25(17)18;/h4-12,15H,3,13-14H2,1-2H3,(H2,20,21,22);1H. The number of nitrogens with zero attached hydrogens (tertiary/aromatic N) is 4. The monoisotopic (exact) mass is 480 g/mol. The fraction of sp³-hybridized carbons (Fsp3) is 0.316. The second kappa shape index (κ2) is 10.7. The van der Waals surface area contributed by atoms with Crippen LogP contribution in [-0.2, 0) is 6.54 Å². The topological polar surface area (TPSA) is 75.8 Å². The number of guanidine groups is 1. The number of para-hydroxylation sites is 1. The van der Waals surface area contributed by atoms with Crippen molar-refractivity contribution in [3.8, 4) is 5.75 Å². The molecule has 0 saturated carbocycles. The van der Waals surface area contributed by atoms with Gasteiger partial charge in [-0.15, -0.1) is 34.2 Å². The predicted molar refractivity (Wildman–Crippen MR) is 118 cm³/mol. The zero-order chi connectivity index (χ0) is 18.2. The van der Waals surface area contributed by atoms with Gasteiger partial charge in [0.25, 0.3) is 0 Å². The van der Waals surface area contributed by atoms with E-state index in [-0.39, 0.29) is 30.1 Å². The van der Waals surface area contributed by atoms with Crippen LogP contribution in [0.1, 0.15) is 19.2 Å². The van der Waals surface area contributed by atoms with Crippen LogP contribution < -0.4 is 15.4 Å². The summed E-state index contributed by atoms with van der Waals surface area (Å²) in [5.74, 6) is 2.41. The van der Waals surface area contributed by atoms with Gasteiger partial charge in [0, 0.05) is 13.2 Å². The van der Waals surface area contributed by atoms with Gasteiger partial charge < -0.3 is 15.4 Å². The van der Waals surface area contributed by atoms with Crippen LogP contribution in [0.3, 0.4) is 0 Å². The Morgan fingerprint density at radius 3 is 2.63 bits per heavy atom. The lowest BCUT2D eigenvalue weighted by Crippen LogP contribution is -2.42. The number of hydrogen-bond donors (Lipinski definition) is 2. The number of nitrogens with one attached hydrogen (secondary N) is 2. The summed E-state index contributed by atoms with van der Waals surface area (Å²) in [5.41, 5.74) is 0.828. The summed E-state index contributed by atoms with van der Waals surface area (Å²) in [6.07, 6.45) is 2.90. The van der Waals surface area contributed by atoms with Gasteiger partial charge in [-0.25, -0.2) is 0 Å². The Kier molecular flexibility index (Phi) is 8.31. The van der Waals surface area contributed by atoms with Crippen LogP contribution in [-0.4, -0.2) is 40.3 Å². The first-order valence-corrected chi connectivity index (χ1v) is 8.75. The van der Waals surface area contributed by atoms with Gasteiger partial charge in [-0.2, -0.15) is 0 Å². The first-order chi connectivity index (χ1) is 12.8. The van der Waals surface area contributed by atoms with Crippen LogP contribution in [0.5, 0.6) is 5.75 Å². The molecule has 0 aliphatic carbocycles. The van der Waals surface area contributed by atoms with Crippen LogP contribution in [0, 0.1) is 0 Å². The quantitative estimate of drug-likeness (QED) is 0.309. The van der Waals surface area contributed by atoms with Crippen molar-refractivity contribution in [1.82, 2.24) is 25.2 Å². The van der Waals surface area contributed by atoms with E-state index in [0.717, 1.165) is 23.6 Å². The molecule has 2 aromatic heterocycles. The Labute approximate surface area is 176 Å². The Morgan fingerprint density at radius 1 is 1.11 bits per heavy atom. The maximum atomic E-state index is 5.99. The molecule has 7 nitrogen and oxygen atoms in total. The number of ether oxygens (including phenoxy) is 1. The molecule has 27 heavy (non-hydrogen) atoms. The number of fused-ring (bicyclic) bond motifs is 1. The summed E-state index contributed by atoms with van der Waals surface area (Å²) in [6.45, 7) is 3.29. The van der Waals surface area contributed by atoms with Gasteiger partial charge in [0.2, 0.25) is 0 Å². The molecule has 8 heteroatoms. The molecular weight excluding hydrogens is 455 g/mol. The minimum absolute atomic E-state index is 0. The van der Waals surface area contributed by atoms with E-state index in [9.17, 15) is 0 Å². The fourth-order valence-electron chi connectivity index (χ4n) is 2.57. The highest BCUT2D eigenvalue weighted by atomic mass is 127. The van der Waals surface area contributed by atoms with Crippen molar-refractivity contribution in [2.45, 2.75) is 26.0 Å². The van der Waals surface area contributed by atoms with E-state index in [4.69, 9.17) is 4.74 Å². The van der Waals surface area contributed by atoms with Crippen molar-refractivity contribution >= 4 is 35.6 Å². The number of aliphatic imine (C=N–C) groups is 1. The number of hydrogen-bond acceptors (Lipinski definition) is 4. The van der Waals surface area contributed by atoms with Gasteiger partial charge in [-0.1, -0.05) is 31.2 Å². The minimum atomic E-state index is 0. The molecular formula is C19H25IN6O. The molecule has 144 valence electrons. The molecule has 3 rings (SSSR count). The molecule has 0 saturated heterocycles. The van der Waals surface area contributed by atoms with Crippen molar-refractivity contribution in [1.29, 1.82) is 0 Å². The van der Waals surface area contributed by atoms with E-state index in [1.165, 1.54) is 0 Å². The molecule has 1 atom stereocenters. The van der Waals surface area contributed by atoms with Crippen molar-refractivity contribution < 1.29 is 4.74 Å². The van der Waals surface area contributed by atoms with Gasteiger partial charge in [0.1, 0.15) is 11.9 Å². The summed E-state index contributed by atoms with van der Waals surface area (Å²) in [7, 11) is 1.75. The van der Waals surface area contributed by atoms with E-state index in [0.29, 0.717) is 19.0 Å². The summed E-state index contributed by atoms with van der Waals surface area (Å²) >= 11 is 0.